The van der Waals surface area contributed by atoms with E-state index in [2.05, 4.69) is 10.1 Å². The second-order valence-electron chi connectivity index (χ2n) is 10.4. The van der Waals surface area contributed by atoms with Crippen LogP contribution in [0.25, 0.3) is 5.65 Å². The molecule has 2 aromatic heterocycles. The molecule has 0 unspecified atom stereocenters. The highest BCUT2D eigenvalue weighted by Gasteiger charge is 2.32. The molecule has 2 aromatic carbocycles. The quantitative estimate of drug-likeness (QED) is 0.108. The van der Waals surface area contributed by atoms with Crippen molar-refractivity contribution < 1.29 is 33.1 Å². The number of halogens is 2. The minimum Gasteiger partial charge on any atom is -0.485 e. The molecule has 3 N–H and O–H groups in total. The fraction of sp³-hybridized carbons (Fsp3) is 0.267. The Hall–Kier alpha value is -5.00. The summed E-state index contributed by atoms with van der Waals surface area (Å²) in [4.78, 5) is 35.9. The van der Waals surface area contributed by atoms with Crippen LogP contribution in [0.5, 0.6) is 5.75 Å². The number of fused-ring (bicyclic) bond motifs is 1. The van der Waals surface area contributed by atoms with Gasteiger partial charge >= 0.3 is 12.1 Å². The number of hydrogen-bond acceptors (Lipinski definition) is 6. The van der Waals surface area contributed by atoms with E-state index in [4.69, 9.17) is 15.3 Å². The molecule has 42 heavy (non-hydrogen) atoms. The van der Waals surface area contributed by atoms with Crippen LogP contribution >= 0.6 is 0 Å². The van der Waals surface area contributed by atoms with E-state index in [1.54, 1.807) is 40.0 Å². The van der Waals surface area contributed by atoms with E-state index in [1.165, 1.54) is 15.4 Å². The zero-order valence-corrected chi connectivity index (χ0v) is 23.6. The minimum absolute atomic E-state index is 0.0186. The highest BCUT2D eigenvalue weighted by molar-refractivity contribution is 5.91. The number of benzene rings is 2. The molecular weight excluding hydrogens is 548 g/mol. The summed E-state index contributed by atoms with van der Waals surface area (Å²) in [5, 5.41) is 13.6. The Morgan fingerprint density at radius 2 is 1.76 bits per heavy atom. The number of oxime groups is 1. The first-order valence-electron chi connectivity index (χ1n) is 13.0. The summed E-state index contributed by atoms with van der Waals surface area (Å²) in [6, 6.07) is 14.3. The topological polar surface area (TPSA) is 132 Å². The number of ether oxygens (including phenoxy) is 1. The van der Waals surface area contributed by atoms with Crippen molar-refractivity contribution in [2.24, 2.45) is 10.9 Å². The molecule has 0 spiro atoms. The molecule has 0 saturated heterocycles. The van der Waals surface area contributed by atoms with E-state index in [-0.39, 0.29) is 41.5 Å². The number of carbonyl (C=O) groups is 2. The summed E-state index contributed by atoms with van der Waals surface area (Å²) in [6.45, 7) is 6.47. The number of aryl methyl sites for hydroxylation is 2. The van der Waals surface area contributed by atoms with Crippen molar-refractivity contribution in [3.63, 3.8) is 0 Å². The zero-order chi connectivity index (χ0) is 30.6. The number of aromatic nitrogens is 2. The smallest absolute Gasteiger partial charge is 0.408 e. The van der Waals surface area contributed by atoms with Crippen LogP contribution in [-0.2, 0) is 18.0 Å². The summed E-state index contributed by atoms with van der Waals surface area (Å²) in [6.07, 6.45) is 0.475. The highest BCUT2D eigenvalue weighted by Crippen LogP contribution is 2.27. The Bertz CT molecular complexity index is 1630. The largest absolute Gasteiger partial charge is 0.485 e. The molecular formula is C30H31F2N5O5. The monoisotopic (exact) mass is 579 g/mol. The van der Waals surface area contributed by atoms with Crippen molar-refractivity contribution in [3.05, 3.63) is 101 Å². The van der Waals surface area contributed by atoms with E-state index in [0.717, 1.165) is 17.7 Å². The van der Waals surface area contributed by atoms with Gasteiger partial charge in [0.1, 0.15) is 24.1 Å². The third-order valence-electron chi connectivity index (χ3n) is 6.63. The number of amidine groups is 1. The Labute approximate surface area is 241 Å². The molecule has 0 aliphatic heterocycles. The lowest BCUT2D eigenvalue weighted by molar-refractivity contribution is 0.0499. The molecule has 0 bridgehead atoms. The van der Waals surface area contributed by atoms with Gasteiger partial charge in [-0.1, -0.05) is 41.6 Å². The molecule has 0 fully saturated rings. The Morgan fingerprint density at radius 3 is 2.40 bits per heavy atom. The SMILES string of the molecule is Cc1cc(OCc2c(F)cccc2F)c2nc(C)c(C(=O)O/N=C(\N)CC(C)(C)N(Cc3ccccc3)C(=O)O)n2c1. The number of nitrogens with two attached hydrogens (primary N) is 1. The van der Waals surface area contributed by atoms with Crippen LogP contribution in [-0.4, -0.2) is 42.8 Å². The molecule has 0 atom stereocenters. The Balaban J connectivity index is 1.52. The van der Waals surface area contributed by atoms with Crippen molar-refractivity contribution in [1.29, 1.82) is 0 Å². The normalized spacial score (nSPS) is 11.9. The summed E-state index contributed by atoms with van der Waals surface area (Å²) in [5.74, 6) is -2.24. The lowest BCUT2D eigenvalue weighted by Crippen LogP contribution is -2.48. The first-order chi connectivity index (χ1) is 19.9. The molecule has 0 aliphatic rings. The molecule has 1 amide bonds. The van der Waals surface area contributed by atoms with E-state index in [9.17, 15) is 23.5 Å². The number of pyridine rings is 1. The molecule has 0 radical (unpaired) electrons. The minimum atomic E-state index is -1.14. The van der Waals surface area contributed by atoms with Crippen LogP contribution < -0.4 is 10.5 Å². The maximum atomic E-state index is 14.1. The summed E-state index contributed by atoms with van der Waals surface area (Å²) in [5.41, 5.74) is 6.89. The molecule has 2 heterocycles. The van der Waals surface area contributed by atoms with Crippen LogP contribution in [0.4, 0.5) is 13.6 Å². The van der Waals surface area contributed by atoms with Crippen molar-refractivity contribution >= 4 is 23.5 Å². The van der Waals surface area contributed by atoms with Crippen LogP contribution in [0.3, 0.4) is 0 Å². The first kappa shape index (κ1) is 30.0. The number of nitrogens with zero attached hydrogens (tertiary/aromatic N) is 4. The van der Waals surface area contributed by atoms with E-state index < -0.39 is 35.8 Å². The van der Waals surface area contributed by atoms with Crippen LogP contribution in [0.2, 0.25) is 0 Å². The predicted molar refractivity (Wildman–Crippen MR) is 151 cm³/mol. The Morgan fingerprint density at radius 1 is 1.10 bits per heavy atom. The van der Waals surface area contributed by atoms with Gasteiger partial charge in [0.25, 0.3) is 0 Å². The predicted octanol–water partition coefficient (Wildman–Crippen LogP) is 5.59. The third kappa shape index (κ3) is 6.65. The number of hydrogen-bond donors (Lipinski definition) is 2. The molecule has 0 saturated carbocycles. The van der Waals surface area contributed by atoms with Crippen LogP contribution in [0.1, 0.15) is 53.1 Å². The first-order valence-corrected chi connectivity index (χ1v) is 13.0. The number of amides is 1. The summed E-state index contributed by atoms with van der Waals surface area (Å²) in [7, 11) is 0. The molecule has 0 aliphatic carbocycles. The number of carboxylic acid groups (broad SMARTS) is 1. The summed E-state index contributed by atoms with van der Waals surface area (Å²) < 4.78 is 35.4. The van der Waals surface area contributed by atoms with Crippen molar-refractivity contribution in [1.82, 2.24) is 14.3 Å². The maximum Gasteiger partial charge on any atom is 0.408 e. The average molecular weight is 580 g/mol. The van der Waals surface area contributed by atoms with E-state index >= 15 is 0 Å². The Kier molecular flexibility index (Phi) is 8.74. The van der Waals surface area contributed by atoms with Gasteiger partial charge in [0.05, 0.1) is 11.3 Å². The molecule has 220 valence electrons. The van der Waals surface area contributed by atoms with Crippen molar-refractivity contribution in [2.45, 2.75) is 52.8 Å². The zero-order valence-electron chi connectivity index (χ0n) is 23.6. The number of imidazole rings is 1. The van der Waals surface area contributed by atoms with Crippen LogP contribution in [0, 0.1) is 25.5 Å². The number of carbonyl (C=O) groups excluding carboxylic acids is 1. The van der Waals surface area contributed by atoms with Crippen LogP contribution in [0.15, 0.2) is 65.9 Å². The van der Waals surface area contributed by atoms with Gasteiger partial charge < -0.3 is 20.4 Å². The van der Waals surface area contributed by atoms with Gasteiger partial charge in [-0.05, 0) is 57.0 Å². The molecule has 12 heteroatoms. The van der Waals surface area contributed by atoms with E-state index in [0.29, 0.717) is 11.3 Å². The van der Waals surface area contributed by atoms with Gasteiger partial charge in [0, 0.05) is 24.7 Å². The average Bonchev–Trinajstić information content (AvgIpc) is 3.25. The van der Waals surface area contributed by atoms with Crippen molar-refractivity contribution in [2.75, 3.05) is 0 Å². The lowest BCUT2D eigenvalue weighted by atomic mass is 9.97. The highest BCUT2D eigenvalue weighted by atomic mass is 19.1. The van der Waals surface area contributed by atoms with Gasteiger partial charge in [0.2, 0.25) is 0 Å². The molecule has 10 nitrogen and oxygen atoms in total. The van der Waals surface area contributed by atoms with Gasteiger partial charge in [0.15, 0.2) is 17.1 Å². The molecule has 4 rings (SSSR count). The van der Waals surface area contributed by atoms with Gasteiger partial charge in [-0.3, -0.25) is 9.30 Å². The number of rotatable bonds is 10. The van der Waals surface area contributed by atoms with Gasteiger partial charge in [-0.25, -0.2) is 23.4 Å². The van der Waals surface area contributed by atoms with E-state index in [1.807, 2.05) is 30.3 Å². The van der Waals surface area contributed by atoms with Gasteiger partial charge in [-0.2, -0.15) is 0 Å². The second kappa shape index (κ2) is 12.2. The third-order valence-corrected chi connectivity index (χ3v) is 6.63. The van der Waals surface area contributed by atoms with Gasteiger partial charge in [-0.15, -0.1) is 0 Å². The summed E-state index contributed by atoms with van der Waals surface area (Å²) >= 11 is 0. The standard InChI is InChI=1S/C30H31F2N5O5/c1-18-13-24(41-17-21-22(31)11-8-12-23(21)32)27-34-19(2)26(36(27)15-18)28(38)42-35-25(33)14-30(3,4)37(29(39)40)16-20-9-6-5-7-10-20/h5-13,15H,14,16-17H2,1-4H3,(H2,33,35)(H,39,40). The molecule has 4 aromatic rings. The fourth-order valence-corrected chi connectivity index (χ4v) is 4.55. The maximum absolute atomic E-state index is 14.1. The second-order valence-corrected chi connectivity index (χ2v) is 10.4. The lowest BCUT2D eigenvalue weighted by Gasteiger charge is -2.36. The fourth-order valence-electron chi connectivity index (χ4n) is 4.55. The van der Waals surface area contributed by atoms with Crippen molar-refractivity contribution in [3.8, 4) is 5.75 Å².